The standard InChI is InChI=1S/C20H24N4O3/c1-14(2)13-21-19(25)16-7-6-15(3)22-18(16)23-8-10-24(11-9-23)20(26)17-5-4-12-27-17/h4-7,12H,1,8-11,13H2,2-3H3,(H,21,25). The molecule has 0 atom stereocenters. The smallest absolute Gasteiger partial charge is 0.289 e. The van der Waals surface area contributed by atoms with E-state index >= 15 is 0 Å². The van der Waals surface area contributed by atoms with Crippen LogP contribution in [0.2, 0.25) is 0 Å². The van der Waals surface area contributed by atoms with E-state index in [1.165, 1.54) is 6.26 Å². The number of pyridine rings is 1. The predicted molar refractivity (Wildman–Crippen MR) is 103 cm³/mol. The number of hydrogen-bond acceptors (Lipinski definition) is 5. The molecular weight excluding hydrogens is 344 g/mol. The summed E-state index contributed by atoms with van der Waals surface area (Å²) in [4.78, 5) is 33.4. The molecule has 2 aromatic heterocycles. The maximum atomic E-state index is 12.6. The third-order valence-electron chi connectivity index (χ3n) is 4.41. The number of piperazine rings is 1. The van der Waals surface area contributed by atoms with Gasteiger partial charge < -0.3 is 19.5 Å². The molecule has 1 N–H and O–H groups in total. The van der Waals surface area contributed by atoms with Gasteiger partial charge in [0.25, 0.3) is 11.8 Å². The number of amides is 2. The lowest BCUT2D eigenvalue weighted by atomic mass is 10.1. The molecule has 1 aliphatic rings. The van der Waals surface area contributed by atoms with Crippen molar-refractivity contribution in [3.8, 4) is 0 Å². The molecule has 2 aromatic rings. The Balaban J connectivity index is 1.71. The summed E-state index contributed by atoms with van der Waals surface area (Å²) in [5, 5.41) is 2.86. The fourth-order valence-corrected chi connectivity index (χ4v) is 2.97. The van der Waals surface area contributed by atoms with Crippen LogP contribution in [0.15, 0.2) is 47.1 Å². The number of carbonyl (C=O) groups is 2. The third kappa shape index (κ3) is 4.36. The molecule has 0 bridgehead atoms. The highest BCUT2D eigenvalue weighted by Gasteiger charge is 2.26. The first-order valence-corrected chi connectivity index (χ1v) is 8.93. The Morgan fingerprint density at radius 2 is 1.96 bits per heavy atom. The molecule has 3 heterocycles. The Hall–Kier alpha value is -3.09. The van der Waals surface area contributed by atoms with Gasteiger partial charge in [-0.25, -0.2) is 4.98 Å². The zero-order valence-electron chi connectivity index (χ0n) is 15.7. The number of aryl methyl sites for hydroxylation is 1. The van der Waals surface area contributed by atoms with Crippen LogP contribution in [-0.2, 0) is 0 Å². The van der Waals surface area contributed by atoms with Gasteiger partial charge in [0, 0.05) is 38.4 Å². The molecule has 142 valence electrons. The van der Waals surface area contributed by atoms with Crippen LogP contribution in [0.4, 0.5) is 5.82 Å². The number of nitrogens with zero attached hydrogens (tertiary/aromatic N) is 3. The Kier molecular flexibility index (Phi) is 5.59. The lowest BCUT2D eigenvalue weighted by Gasteiger charge is -2.35. The van der Waals surface area contributed by atoms with E-state index < -0.39 is 0 Å². The lowest BCUT2D eigenvalue weighted by Crippen LogP contribution is -2.49. The van der Waals surface area contributed by atoms with E-state index in [9.17, 15) is 9.59 Å². The quantitative estimate of drug-likeness (QED) is 0.819. The minimum atomic E-state index is -0.172. The molecule has 0 aromatic carbocycles. The van der Waals surface area contributed by atoms with E-state index in [0.717, 1.165) is 11.3 Å². The van der Waals surface area contributed by atoms with Crippen molar-refractivity contribution in [2.75, 3.05) is 37.6 Å². The van der Waals surface area contributed by atoms with E-state index in [0.29, 0.717) is 49.9 Å². The summed E-state index contributed by atoms with van der Waals surface area (Å²) in [5.41, 5.74) is 2.26. The topological polar surface area (TPSA) is 78.7 Å². The van der Waals surface area contributed by atoms with Gasteiger partial charge in [-0.15, -0.1) is 0 Å². The summed E-state index contributed by atoms with van der Waals surface area (Å²) in [7, 11) is 0. The highest BCUT2D eigenvalue weighted by atomic mass is 16.3. The van der Waals surface area contributed by atoms with Crippen molar-refractivity contribution in [3.63, 3.8) is 0 Å². The van der Waals surface area contributed by atoms with Gasteiger partial charge in [0.2, 0.25) is 0 Å². The second-order valence-electron chi connectivity index (χ2n) is 6.72. The minimum absolute atomic E-state index is 0.115. The number of aromatic nitrogens is 1. The van der Waals surface area contributed by atoms with Crippen LogP contribution in [0.25, 0.3) is 0 Å². The fourth-order valence-electron chi connectivity index (χ4n) is 2.97. The van der Waals surface area contributed by atoms with Crippen molar-refractivity contribution in [3.05, 3.63) is 59.7 Å². The molecule has 1 aliphatic heterocycles. The van der Waals surface area contributed by atoms with Crippen LogP contribution in [0.5, 0.6) is 0 Å². The second-order valence-corrected chi connectivity index (χ2v) is 6.72. The number of furan rings is 1. The van der Waals surface area contributed by atoms with Crippen molar-refractivity contribution in [1.82, 2.24) is 15.2 Å². The van der Waals surface area contributed by atoms with Crippen LogP contribution >= 0.6 is 0 Å². The number of hydrogen-bond donors (Lipinski definition) is 1. The second kappa shape index (κ2) is 8.07. The summed E-state index contributed by atoms with van der Waals surface area (Å²) in [5.74, 6) is 0.710. The Labute approximate surface area is 158 Å². The maximum absolute atomic E-state index is 12.6. The van der Waals surface area contributed by atoms with Crippen molar-refractivity contribution in [1.29, 1.82) is 0 Å². The monoisotopic (exact) mass is 368 g/mol. The molecule has 27 heavy (non-hydrogen) atoms. The first kappa shape index (κ1) is 18.7. The van der Waals surface area contributed by atoms with Crippen LogP contribution in [0, 0.1) is 6.92 Å². The highest BCUT2D eigenvalue weighted by Crippen LogP contribution is 2.21. The summed E-state index contributed by atoms with van der Waals surface area (Å²) in [6.07, 6.45) is 1.50. The predicted octanol–water partition coefficient (Wildman–Crippen LogP) is 2.25. The summed E-state index contributed by atoms with van der Waals surface area (Å²) in [6, 6.07) is 7.00. The largest absolute Gasteiger partial charge is 0.459 e. The van der Waals surface area contributed by atoms with Crippen LogP contribution < -0.4 is 10.2 Å². The maximum Gasteiger partial charge on any atom is 0.289 e. The van der Waals surface area contributed by atoms with Crippen LogP contribution in [0.1, 0.15) is 33.5 Å². The highest BCUT2D eigenvalue weighted by molar-refractivity contribution is 5.99. The zero-order valence-corrected chi connectivity index (χ0v) is 15.7. The van der Waals surface area contributed by atoms with Crippen LogP contribution in [0.3, 0.4) is 0 Å². The average Bonchev–Trinajstić information content (AvgIpc) is 3.20. The van der Waals surface area contributed by atoms with Crippen molar-refractivity contribution in [2.24, 2.45) is 0 Å². The number of carbonyl (C=O) groups excluding carboxylic acids is 2. The van der Waals surface area contributed by atoms with Crippen LogP contribution in [-0.4, -0.2) is 54.4 Å². The van der Waals surface area contributed by atoms with Gasteiger partial charge >= 0.3 is 0 Å². The Bertz CT molecular complexity index is 837. The van der Waals surface area contributed by atoms with Gasteiger partial charge in [-0.3, -0.25) is 9.59 Å². The van der Waals surface area contributed by atoms with Crippen molar-refractivity contribution >= 4 is 17.6 Å². The van der Waals surface area contributed by atoms with E-state index in [-0.39, 0.29) is 11.8 Å². The minimum Gasteiger partial charge on any atom is -0.459 e. The molecule has 0 unspecified atom stereocenters. The molecule has 1 fully saturated rings. The molecule has 0 saturated carbocycles. The van der Waals surface area contributed by atoms with Gasteiger partial charge in [0.1, 0.15) is 5.82 Å². The normalized spacial score (nSPS) is 14.1. The molecule has 0 radical (unpaired) electrons. The number of rotatable bonds is 5. The van der Waals surface area contributed by atoms with E-state index in [4.69, 9.17) is 4.42 Å². The molecule has 1 saturated heterocycles. The zero-order chi connectivity index (χ0) is 19.4. The van der Waals surface area contributed by atoms with E-state index in [2.05, 4.69) is 21.8 Å². The molecule has 3 rings (SSSR count). The van der Waals surface area contributed by atoms with Gasteiger partial charge in [0.15, 0.2) is 5.76 Å². The fraction of sp³-hybridized carbons (Fsp3) is 0.350. The summed E-state index contributed by atoms with van der Waals surface area (Å²) >= 11 is 0. The first-order chi connectivity index (χ1) is 13.0. The molecule has 0 spiro atoms. The van der Waals surface area contributed by atoms with Gasteiger partial charge in [-0.05, 0) is 38.1 Å². The molecule has 7 nitrogen and oxygen atoms in total. The van der Waals surface area contributed by atoms with E-state index in [1.54, 1.807) is 23.1 Å². The molecule has 2 amide bonds. The van der Waals surface area contributed by atoms with Gasteiger partial charge in [0.05, 0.1) is 11.8 Å². The molecule has 0 aliphatic carbocycles. The Morgan fingerprint density at radius 3 is 2.59 bits per heavy atom. The van der Waals surface area contributed by atoms with Crippen molar-refractivity contribution in [2.45, 2.75) is 13.8 Å². The van der Waals surface area contributed by atoms with Gasteiger partial charge in [-0.2, -0.15) is 0 Å². The third-order valence-corrected chi connectivity index (χ3v) is 4.41. The number of nitrogens with one attached hydrogen (secondary N) is 1. The van der Waals surface area contributed by atoms with Gasteiger partial charge in [-0.1, -0.05) is 12.2 Å². The molecular formula is C20H24N4O3. The Morgan fingerprint density at radius 1 is 1.22 bits per heavy atom. The molecule has 7 heteroatoms. The number of anilines is 1. The lowest BCUT2D eigenvalue weighted by molar-refractivity contribution is 0.0713. The van der Waals surface area contributed by atoms with E-state index in [1.807, 2.05) is 19.9 Å². The average molecular weight is 368 g/mol. The summed E-state index contributed by atoms with van der Waals surface area (Å²) in [6.45, 7) is 10.3. The summed E-state index contributed by atoms with van der Waals surface area (Å²) < 4.78 is 5.20. The SMILES string of the molecule is C=C(C)CNC(=O)c1ccc(C)nc1N1CCN(C(=O)c2ccco2)CC1. The van der Waals surface area contributed by atoms with Crippen molar-refractivity contribution < 1.29 is 14.0 Å². The first-order valence-electron chi connectivity index (χ1n) is 8.93.